The molecular weight excluding hydrogens is 252 g/mol. The normalized spacial score (nSPS) is 33.8. The summed E-state index contributed by atoms with van der Waals surface area (Å²) in [5.41, 5.74) is 1.08. The average molecular weight is 263 g/mol. The standard InChI is InChI=1S/C8H11BrN2OS/c1-5-7(8(9)4-12-5)2-6-3-10-13-11-6/h3,5,7-8H,2,4H2,1H3. The van der Waals surface area contributed by atoms with Crippen LogP contribution in [0.1, 0.15) is 12.6 Å². The fourth-order valence-corrected chi connectivity index (χ4v) is 2.81. The van der Waals surface area contributed by atoms with Crippen molar-refractivity contribution in [3.05, 3.63) is 11.9 Å². The number of aromatic nitrogens is 2. The smallest absolute Gasteiger partial charge is 0.0747 e. The third-order valence-corrected chi connectivity index (χ3v) is 3.90. The van der Waals surface area contributed by atoms with Gasteiger partial charge in [-0.05, 0) is 13.3 Å². The zero-order valence-corrected chi connectivity index (χ0v) is 9.71. The SMILES string of the molecule is CC1OCC(Br)C1Cc1cnsn1. The maximum atomic E-state index is 5.53. The predicted octanol–water partition coefficient (Wildman–Crippen LogP) is 1.88. The number of nitrogens with zero attached hydrogens (tertiary/aromatic N) is 2. The van der Waals surface area contributed by atoms with Crippen molar-refractivity contribution in [1.82, 2.24) is 8.75 Å². The van der Waals surface area contributed by atoms with Gasteiger partial charge < -0.3 is 4.74 Å². The first kappa shape index (κ1) is 9.55. The van der Waals surface area contributed by atoms with E-state index in [1.54, 1.807) is 0 Å². The molecule has 0 aliphatic carbocycles. The van der Waals surface area contributed by atoms with E-state index in [4.69, 9.17) is 4.74 Å². The molecule has 0 aromatic carbocycles. The second-order valence-electron chi connectivity index (χ2n) is 3.32. The van der Waals surface area contributed by atoms with Gasteiger partial charge in [-0.15, -0.1) is 0 Å². The van der Waals surface area contributed by atoms with Gasteiger partial charge in [0.05, 0.1) is 36.3 Å². The van der Waals surface area contributed by atoms with E-state index in [1.807, 2.05) is 6.20 Å². The molecule has 72 valence electrons. The molecule has 3 unspecified atom stereocenters. The lowest BCUT2D eigenvalue weighted by Gasteiger charge is -2.14. The van der Waals surface area contributed by atoms with Crippen molar-refractivity contribution in [3.8, 4) is 0 Å². The maximum absolute atomic E-state index is 5.53. The van der Waals surface area contributed by atoms with E-state index in [0.29, 0.717) is 16.8 Å². The lowest BCUT2D eigenvalue weighted by atomic mass is 9.97. The van der Waals surface area contributed by atoms with Gasteiger partial charge in [0.25, 0.3) is 0 Å². The van der Waals surface area contributed by atoms with Gasteiger partial charge in [-0.1, -0.05) is 15.9 Å². The molecule has 0 radical (unpaired) electrons. The summed E-state index contributed by atoms with van der Waals surface area (Å²) < 4.78 is 13.7. The van der Waals surface area contributed by atoms with Crippen LogP contribution in [0.5, 0.6) is 0 Å². The van der Waals surface area contributed by atoms with Gasteiger partial charge in [0, 0.05) is 10.7 Å². The third-order valence-electron chi connectivity index (χ3n) is 2.44. The Morgan fingerprint density at radius 2 is 2.62 bits per heavy atom. The third kappa shape index (κ3) is 2.08. The van der Waals surface area contributed by atoms with Crippen LogP contribution in [0, 0.1) is 5.92 Å². The van der Waals surface area contributed by atoms with E-state index in [1.165, 1.54) is 11.7 Å². The highest BCUT2D eigenvalue weighted by Gasteiger charge is 2.33. The summed E-state index contributed by atoms with van der Waals surface area (Å²) in [6, 6.07) is 0. The average Bonchev–Trinajstić information content (AvgIpc) is 2.70. The molecule has 5 heteroatoms. The van der Waals surface area contributed by atoms with Crippen LogP contribution in [-0.2, 0) is 11.2 Å². The molecule has 1 aromatic rings. The van der Waals surface area contributed by atoms with Crippen LogP contribution in [0.2, 0.25) is 0 Å². The van der Waals surface area contributed by atoms with Crippen molar-refractivity contribution in [3.63, 3.8) is 0 Å². The molecule has 0 spiro atoms. The second-order valence-corrected chi connectivity index (χ2v) is 5.05. The fourth-order valence-electron chi connectivity index (χ4n) is 1.59. The molecule has 1 aliphatic heterocycles. The van der Waals surface area contributed by atoms with Gasteiger partial charge in [0.1, 0.15) is 0 Å². The van der Waals surface area contributed by atoms with Crippen molar-refractivity contribution >= 4 is 27.7 Å². The Balaban J connectivity index is 2.01. The molecule has 0 saturated carbocycles. The molecule has 1 fully saturated rings. The Kier molecular flexibility index (Phi) is 2.96. The van der Waals surface area contributed by atoms with Crippen molar-refractivity contribution in [2.45, 2.75) is 24.3 Å². The molecule has 1 aromatic heterocycles. The molecule has 3 atom stereocenters. The second kappa shape index (κ2) is 4.02. The molecular formula is C8H11BrN2OS. The van der Waals surface area contributed by atoms with Gasteiger partial charge in [-0.2, -0.15) is 8.75 Å². The summed E-state index contributed by atoms with van der Waals surface area (Å²) in [4.78, 5) is 0.462. The molecule has 0 bridgehead atoms. The summed E-state index contributed by atoms with van der Waals surface area (Å²) in [6.45, 7) is 2.93. The van der Waals surface area contributed by atoms with Crippen LogP contribution in [0.15, 0.2) is 6.20 Å². The van der Waals surface area contributed by atoms with E-state index in [-0.39, 0.29) is 0 Å². The number of alkyl halides is 1. The van der Waals surface area contributed by atoms with Gasteiger partial charge >= 0.3 is 0 Å². The topological polar surface area (TPSA) is 35.0 Å². The van der Waals surface area contributed by atoms with E-state index in [9.17, 15) is 0 Å². The zero-order valence-electron chi connectivity index (χ0n) is 7.31. The number of ether oxygens (including phenoxy) is 1. The van der Waals surface area contributed by atoms with E-state index < -0.39 is 0 Å². The Morgan fingerprint density at radius 3 is 3.15 bits per heavy atom. The minimum atomic E-state index is 0.325. The minimum Gasteiger partial charge on any atom is -0.377 e. The lowest BCUT2D eigenvalue weighted by molar-refractivity contribution is 0.106. The maximum Gasteiger partial charge on any atom is 0.0747 e. The quantitative estimate of drug-likeness (QED) is 0.764. The van der Waals surface area contributed by atoms with Crippen LogP contribution in [0.4, 0.5) is 0 Å². The van der Waals surface area contributed by atoms with Crippen molar-refractivity contribution in [2.75, 3.05) is 6.61 Å². The molecule has 0 N–H and O–H groups in total. The lowest BCUT2D eigenvalue weighted by Crippen LogP contribution is -2.20. The number of hydrogen-bond acceptors (Lipinski definition) is 4. The minimum absolute atomic E-state index is 0.325. The van der Waals surface area contributed by atoms with Gasteiger partial charge in [-0.25, -0.2) is 0 Å². The fraction of sp³-hybridized carbons (Fsp3) is 0.750. The van der Waals surface area contributed by atoms with Crippen molar-refractivity contribution in [2.24, 2.45) is 5.92 Å². The highest BCUT2D eigenvalue weighted by Crippen LogP contribution is 2.29. The number of hydrogen-bond donors (Lipinski definition) is 0. The molecule has 1 saturated heterocycles. The molecule has 1 aliphatic rings. The predicted molar refractivity (Wildman–Crippen MR) is 55.2 cm³/mol. The molecule has 2 heterocycles. The van der Waals surface area contributed by atoms with Crippen LogP contribution in [0.25, 0.3) is 0 Å². The Bertz CT molecular complexity index is 257. The molecule has 0 amide bonds. The first-order chi connectivity index (χ1) is 6.27. The van der Waals surface area contributed by atoms with Gasteiger partial charge in [0.2, 0.25) is 0 Å². The van der Waals surface area contributed by atoms with E-state index >= 15 is 0 Å². The Hall–Kier alpha value is -0.0000000000000000278. The van der Waals surface area contributed by atoms with Crippen LogP contribution < -0.4 is 0 Å². The Morgan fingerprint density at radius 1 is 1.77 bits per heavy atom. The molecule has 2 rings (SSSR count). The van der Waals surface area contributed by atoms with E-state index in [2.05, 4.69) is 31.6 Å². The van der Waals surface area contributed by atoms with E-state index in [0.717, 1.165) is 18.7 Å². The first-order valence-corrected chi connectivity index (χ1v) is 5.94. The molecule has 3 nitrogen and oxygen atoms in total. The summed E-state index contributed by atoms with van der Waals surface area (Å²) in [5, 5.41) is 0. The van der Waals surface area contributed by atoms with Gasteiger partial charge in [0.15, 0.2) is 0 Å². The van der Waals surface area contributed by atoms with Crippen LogP contribution in [-0.4, -0.2) is 26.3 Å². The Labute approximate surface area is 90.0 Å². The summed E-state index contributed by atoms with van der Waals surface area (Å²) >= 11 is 4.89. The summed E-state index contributed by atoms with van der Waals surface area (Å²) in [6.07, 6.45) is 3.13. The number of rotatable bonds is 2. The monoisotopic (exact) mass is 262 g/mol. The van der Waals surface area contributed by atoms with Crippen molar-refractivity contribution in [1.29, 1.82) is 0 Å². The van der Waals surface area contributed by atoms with Gasteiger partial charge in [-0.3, -0.25) is 0 Å². The first-order valence-electron chi connectivity index (χ1n) is 4.29. The largest absolute Gasteiger partial charge is 0.377 e. The van der Waals surface area contributed by atoms with Crippen LogP contribution >= 0.6 is 27.7 Å². The highest BCUT2D eigenvalue weighted by molar-refractivity contribution is 9.09. The number of halogens is 1. The van der Waals surface area contributed by atoms with Crippen molar-refractivity contribution < 1.29 is 4.74 Å². The summed E-state index contributed by atoms with van der Waals surface area (Å²) in [7, 11) is 0. The van der Waals surface area contributed by atoms with Crippen LogP contribution in [0.3, 0.4) is 0 Å². The summed E-state index contributed by atoms with van der Waals surface area (Å²) in [5.74, 6) is 0.531. The highest BCUT2D eigenvalue weighted by atomic mass is 79.9. The molecule has 13 heavy (non-hydrogen) atoms. The zero-order chi connectivity index (χ0) is 9.26.